The highest BCUT2D eigenvalue weighted by molar-refractivity contribution is 6.36. The maximum absolute atomic E-state index is 14.6. The van der Waals surface area contributed by atoms with E-state index in [9.17, 15) is 9.18 Å². The van der Waals surface area contributed by atoms with Crippen LogP contribution < -0.4 is 15.2 Å². The van der Waals surface area contributed by atoms with Crippen molar-refractivity contribution >= 4 is 34.9 Å². The lowest BCUT2D eigenvalue weighted by Crippen LogP contribution is -2.12. The van der Waals surface area contributed by atoms with Gasteiger partial charge in [-0.15, -0.1) is 6.42 Å². The molecule has 128 valence electrons. The van der Waals surface area contributed by atoms with Gasteiger partial charge in [-0.05, 0) is 12.1 Å². The van der Waals surface area contributed by atoms with Crippen LogP contribution in [0.1, 0.15) is 10.5 Å². The molecule has 0 aliphatic carbocycles. The predicted octanol–water partition coefficient (Wildman–Crippen LogP) is 3.30. The molecule has 0 bridgehead atoms. The highest BCUT2D eigenvalue weighted by Gasteiger charge is 2.28. The number of esters is 1. The van der Waals surface area contributed by atoms with Crippen molar-refractivity contribution in [1.82, 2.24) is 4.98 Å². The first-order valence-electron chi connectivity index (χ1n) is 6.79. The molecule has 3 rings (SSSR count). The van der Waals surface area contributed by atoms with E-state index in [0.717, 1.165) is 0 Å². The zero-order chi connectivity index (χ0) is 18.1. The third kappa shape index (κ3) is 2.90. The molecule has 2 heterocycles. The zero-order valence-corrected chi connectivity index (χ0v) is 13.9. The van der Waals surface area contributed by atoms with E-state index in [4.69, 9.17) is 49.6 Å². The molecule has 0 fully saturated rings. The minimum atomic E-state index is -0.932. The van der Waals surface area contributed by atoms with Gasteiger partial charge in [-0.25, -0.2) is 14.2 Å². The van der Waals surface area contributed by atoms with E-state index in [1.165, 1.54) is 12.1 Å². The van der Waals surface area contributed by atoms with E-state index in [0.29, 0.717) is 0 Å². The van der Waals surface area contributed by atoms with Crippen LogP contribution in [0.25, 0.3) is 11.3 Å². The van der Waals surface area contributed by atoms with Crippen LogP contribution in [0.2, 0.25) is 10.0 Å². The fourth-order valence-corrected chi connectivity index (χ4v) is 2.61. The molecule has 0 spiro atoms. The number of carbonyl (C=O) groups is 1. The number of ether oxygens (including phenoxy) is 3. The number of terminal acetylenes is 1. The number of hydrogen-bond acceptors (Lipinski definition) is 6. The summed E-state index contributed by atoms with van der Waals surface area (Å²) in [5.41, 5.74) is 4.79. The monoisotopic (exact) mass is 382 g/mol. The highest BCUT2D eigenvalue weighted by atomic mass is 35.5. The van der Waals surface area contributed by atoms with Crippen LogP contribution in [-0.4, -0.2) is 24.4 Å². The molecule has 0 saturated carbocycles. The normalized spacial score (nSPS) is 11.9. The van der Waals surface area contributed by atoms with Gasteiger partial charge in [-0.1, -0.05) is 29.1 Å². The second-order valence-corrected chi connectivity index (χ2v) is 5.58. The predicted molar refractivity (Wildman–Crippen MR) is 89.3 cm³/mol. The van der Waals surface area contributed by atoms with Gasteiger partial charge < -0.3 is 19.9 Å². The molecule has 0 atom stereocenters. The van der Waals surface area contributed by atoms with Crippen molar-refractivity contribution < 1.29 is 23.4 Å². The van der Waals surface area contributed by atoms with Crippen LogP contribution in [-0.2, 0) is 4.74 Å². The van der Waals surface area contributed by atoms with Crippen LogP contribution in [0.3, 0.4) is 0 Å². The van der Waals surface area contributed by atoms with Crippen molar-refractivity contribution in [1.29, 1.82) is 0 Å². The first-order chi connectivity index (χ1) is 12.0. The molecular weight excluding hydrogens is 374 g/mol. The number of pyridine rings is 1. The van der Waals surface area contributed by atoms with Crippen molar-refractivity contribution in [3.63, 3.8) is 0 Å². The number of benzene rings is 1. The Bertz CT molecular complexity index is 928. The summed E-state index contributed by atoms with van der Waals surface area (Å²) in [5, 5.41) is -0.0849. The lowest BCUT2D eigenvalue weighted by Gasteiger charge is -2.12. The van der Waals surface area contributed by atoms with Gasteiger partial charge in [0, 0.05) is 5.56 Å². The molecule has 9 heteroatoms. The minimum Gasteiger partial charge on any atom is -0.453 e. The molecule has 0 unspecified atom stereocenters. The Labute approximate surface area is 151 Å². The summed E-state index contributed by atoms with van der Waals surface area (Å²) in [6, 6.07) is 2.94. The topological polar surface area (TPSA) is 83.7 Å². The molecule has 0 radical (unpaired) electrons. The average Bonchev–Trinajstić information content (AvgIpc) is 3.09. The summed E-state index contributed by atoms with van der Waals surface area (Å²) in [6.07, 6.45) is 5.04. The van der Waals surface area contributed by atoms with Crippen molar-refractivity contribution in [3.05, 3.63) is 33.7 Å². The Morgan fingerprint density at radius 3 is 2.84 bits per heavy atom. The van der Waals surface area contributed by atoms with Crippen molar-refractivity contribution in [2.75, 3.05) is 19.1 Å². The number of rotatable bonds is 3. The van der Waals surface area contributed by atoms with Gasteiger partial charge in [0.1, 0.15) is 5.69 Å². The smallest absolute Gasteiger partial charge is 0.359 e. The van der Waals surface area contributed by atoms with Crippen LogP contribution in [0, 0.1) is 18.2 Å². The third-order valence-corrected chi connectivity index (χ3v) is 4.00. The highest BCUT2D eigenvalue weighted by Crippen LogP contribution is 2.46. The number of aromatic nitrogens is 1. The van der Waals surface area contributed by atoms with Crippen LogP contribution in [0.4, 0.5) is 10.1 Å². The molecular formula is C16H9Cl2FN2O4. The van der Waals surface area contributed by atoms with Crippen LogP contribution in [0.15, 0.2) is 12.1 Å². The third-order valence-electron chi connectivity index (χ3n) is 3.32. The molecule has 0 saturated heterocycles. The second-order valence-electron chi connectivity index (χ2n) is 4.79. The lowest BCUT2D eigenvalue weighted by molar-refractivity contribution is 0.0550. The number of fused-ring (bicyclic) bond motifs is 1. The number of hydrogen-bond donors (Lipinski definition) is 1. The maximum Gasteiger partial charge on any atom is 0.359 e. The SMILES string of the molecule is C#CCOC(=O)c1nc(-c2ccc(Cl)c3c2OCO3)c(F)c(N)c1Cl. The Hall–Kier alpha value is -2.69. The average molecular weight is 383 g/mol. The number of nitrogens with two attached hydrogens (primary N) is 1. The van der Waals surface area contributed by atoms with Crippen molar-refractivity contribution in [3.8, 4) is 35.1 Å². The molecule has 6 nitrogen and oxygen atoms in total. The van der Waals surface area contributed by atoms with E-state index >= 15 is 0 Å². The number of anilines is 1. The molecule has 2 aromatic rings. The first-order valence-corrected chi connectivity index (χ1v) is 7.54. The molecule has 2 N–H and O–H groups in total. The number of halogens is 3. The summed E-state index contributed by atoms with van der Waals surface area (Å²) >= 11 is 11.9. The van der Waals surface area contributed by atoms with E-state index in [-0.39, 0.29) is 51.9 Å². The van der Waals surface area contributed by atoms with Gasteiger partial charge >= 0.3 is 5.97 Å². The fraction of sp³-hybridized carbons (Fsp3) is 0.125. The number of carbonyl (C=O) groups excluding carboxylic acids is 1. The lowest BCUT2D eigenvalue weighted by atomic mass is 10.1. The maximum atomic E-state index is 14.6. The van der Waals surface area contributed by atoms with Gasteiger partial charge in [0.25, 0.3) is 0 Å². The van der Waals surface area contributed by atoms with E-state index < -0.39 is 17.5 Å². The Morgan fingerprint density at radius 1 is 1.40 bits per heavy atom. The van der Waals surface area contributed by atoms with Crippen LogP contribution >= 0.6 is 23.2 Å². The van der Waals surface area contributed by atoms with Crippen molar-refractivity contribution in [2.24, 2.45) is 0 Å². The molecule has 1 aromatic carbocycles. The minimum absolute atomic E-state index is 0.0895. The van der Waals surface area contributed by atoms with E-state index in [1.54, 1.807) is 0 Å². The second kappa shape index (κ2) is 6.67. The van der Waals surface area contributed by atoms with Gasteiger partial charge in [0.2, 0.25) is 6.79 Å². The Kier molecular flexibility index (Phi) is 4.57. The summed E-state index contributed by atoms with van der Waals surface area (Å²) in [4.78, 5) is 16.0. The first kappa shape index (κ1) is 17.1. The van der Waals surface area contributed by atoms with Gasteiger partial charge in [-0.3, -0.25) is 0 Å². The summed E-state index contributed by atoms with van der Waals surface area (Å²) in [7, 11) is 0. The summed E-state index contributed by atoms with van der Waals surface area (Å²) < 4.78 is 30.0. The van der Waals surface area contributed by atoms with E-state index in [1.807, 2.05) is 0 Å². The van der Waals surface area contributed by atoms with Crippen molar-refractivity contribution in [2.45, 2.75) is 0 Å². The van der Waals surface area contributed by atoms with Gasteiger partial charge in [-0.2, -0.15) is 0 Å². The van der Waals surface area contributed by atoms with Gasteiger partial charge in [0.15, 0.2) is 29.6 Å². The zero-order valence-electron chi connectivity index (χ0n) is 12.4. The molecule has 1 aliphatic rings. The standard InChI is InChI=1S/C16H9Cl2FN2O4/c1-2-5-23-16(22)13-9(18)11(20)10(19)12(21-13)7-3-4-8(17)15-14(7)24-6-25-15/h1,3-4H,5-6H2,(H2,20,21). The largest absolute Gasteiger partial charge is 0.453 e. The molecule has 1 aromatic heterocycles. The molecule has 25 heavy (non-hydrogen) atoms. The Balaban J connectivity index is 2.18. The van der Waals surface area contributed by atoms with Gasteiger partial charge in [0.05, 0.1) is 15.7 Å². The fourth-order valence-electron chi connectivity index (χ4n) is 2.20. The quantitative estimate of drug-likeness (QED) is 0.647. The number of nitrogens with zero attached hydrogens (tertiary/aromatic N) is 1. The van der Waals surface area contributed by atoms with Crippen LogP contribution in [0.5, 0.6) is 11.5 Å². The summed E-state index contributed by atoms with van der Waals surface area (Å²) in [6.45, 7) is -0.384. The Morgan fingerprint density at radius 2 is 2.12 bits per heavy atom. The van der Waals surface area contributed by atoms with E-state index in [2.05, 4.69) is 10.9 Å². The summed E-state index contributed by atoms with van der Waals surface area (Å²) in [5.74, 6) is 0.705. The number of nitrogen functional groups attached to an aromatic ring is 1. The molecule has 1 aliphatic heterocycles. The molecule has 0 amide bonds.